The predicted molar refractivity (Wildman–Crippen MR) is 122 cm³/mol. The number of rotatable bonds is 5. The number of phenolic OH excluding ortho intramolecular Hbond substituents is 1. The number of amides is 1. The summed E-state index contributed by atoms with van der Waals surface area (Å²) in [6.45, 7) is 0.438. The fourth-order valence-corrected chi connectivity index (χ4v) is 4.95. The van der Waals surface area contributed by atoms with Crippen LogP contribution in [0.1, 0.15) is 42.1 Å². The topological polar surface area (TPSA) is 80.0 Å². The Kier molecular flexibility index (Phi) is 5.80. The van der Waals surface area contributed by atoms with Gasteiger partial charge in [0.15, 0.2) is 17.4 Å². The van der Waals surface area contributed by atoms with Crippen molar-refractivity contribution >= 4 is 28.1 Å². The zero-order valence-corrected chi connectivity index (χ0v) is 18.5. The first-order valence-corrected chi connectivity index (χ1v) is 11.8. The number of aromatic nitrogens is 3. The first-order chi connectivity index (χ1) is 16.0. The lowest BCUT2D eigenvalue weighted by atomic mass is 9.86. The van der Waals surface area contributed by atoms with Crippen LogP contribution in [0.2, 0.25) is 0 Å². The molecular formula is C24H22F2N4O2S. The Hall–Kier alpha value is -3.33. The van der Waals surface area contributed by atoms with Gasteiger partial charge < -0.3 is 10.4 Å². The summed E-state index contributed by atoms with van der Waals surface area (Å²) in [6.07, 6.45) is 5.81. The summed E-state index contributed by atoms with van der Waals surface area (Å²) in [7, 11) is 0. The summed E-state index contributed by atoms with van der Waals surface area (Å²) < 4.78 is 29.0. The Morgan fingerprint density at radius 2 is 1.91 bits per heavy atom. The van der Waals surface area contributed by atoms with Gasteiger partial charge in [-0.2, -0.15) is 5.10 Å². The van der Waals surface area contributed by atoms with Crippen LogP contribution in [0.4, 0.5) is 8.78 Å². The minimum atomic E-state index is -1.15. The number of benzene rings is 2. The lowest BCUT2D eigenvalue weighted by Crippen LogP contribution is -2.31. The number of halogens is 2. The SMILES string of the molecule is O=C(NCC1CCC(n2cc3ccc(-c4cscn4)cc3n2)CC1)c1cc(F)c(O)c(F)c1. The van der Waals surface area contributed by atoms with E-state index < -0.39 is 23.3 Å². The van der Waals surface area contributed by atoms with E-state index in [4.69, 9.17) is 5.10 Å². The Bertz CT molecular complexity index is 1270. The normalized spacial score (nSPS) is 18.5. The van der Waals surface area contributed by atoms with Gasteiger partial charge in [-0.1, -0.05) is 12.1 Å². The molecule has 4 aromatic rings. The van der Waals surface area contributed by atoms with E-state index >= 15 is 0 Å². The van der Waals surface area contributed by atoms with Gasteiger partial charge in [-0.05, 0) is 49.8 Å². The van der Waals surface area contributed by atoms with Crippen molar-refractivity contribution in [3.63, 3.8) is 0 Å². The monoisotopic (exact) mass is 468 g/mol. The van der Waals surface area contributed by atoms with E-state index in [0.29, 0.717) is 18.5 Å². The van der Waals surface area contributed by atoms with Crippen LogP contribution in [0.15, 0.2) is 47.4 Å². The van der Waals surface area contributed by atoms with Crippen LogP contribution >= 0.6 is 11.3 Å². The van der Waals surface area contributed by atoms with Crippen LogP contribution in [0, 0.1) is 17.6 Å². The molecule has 0 saturated heterocycles. The third-order valence-electron chi connectivity index (χ3n) is 6.27. The van der Waals surface area contributed by atoms with Crippen molar-refractivity contribution in [1.29, 1.82) is 0 Å². The van der Waals surface area contributed by atoms with E-state index in [0.717, 1.165) is 60.0 Å². The number of phenols is 1. The first kappa shape index (κ1) is 21.5. The number of carbonyl (C=O) groups is 1. The van der Waals surface area contributed by atoms with Crippen molar-refractivity contribution in [3.8, 4) is 17.0 Å². The molecule has 1 aliphatic rings. The maximum Gasteiger partial charge on any atom is 0.251 e. The zero-order valence-electron chi connectivity index (χ0n) is 17.7. The van der Waals surface area contributed by atoms with E-state index in [9.17, 15) is 18.7 Å². The van der Waals surface area contributed by atoms with E-state index in [-0.39, 0.29) is 5.56 Å². The number of aromatic hydroxyl groups is 1. The first-order valence-electron chi connectivity index (χ1n) is 10.8. The number of fused-ring (bicyclic) bond motifs is 1. The summed E-state index contributed by atoms with van der Waals surface area (Å²) in [5.74, 6) is -3.63. The second-order valence-corrected chi connectivity index (χ2v) is 9.15. The number of nitrogens with zero attached hydrogens (tertiary/aromatic N) is 3. The number of nitrogens with one attached hydrogen (secondary N) is 1. The van der Waals surface area contributed by atoms with Gasteiger partial charge in [-0.25, -0.2) is 13.8 Å². The molecule has 6 nitrogen and oxygen atoms in total. The summed E-state index contributed by atoms with van der Waals surface area (Å²) in [5.41, 5.74) is 4.64. The minimum Gasteiger partial charge on any atom is -0.503 e. The minimum absolute atomic E-state index is 0.142. The van der Waals surface area contributed by atoms with Gasteiger partial charge in [-0.15, -0.1) is 11.3 Å². The molecule has 170 valence electrons. The van der Waals surface area contributed by atoms with Crippen molar-refractivity contribution in [2.45, 2.75) is 31.7 Å². The molecule has 1 fully saturated rings. The van der Waals surface area contributed by atoms with Crippen LogP contribution in [0.25, 0.3) is 22.2 Å². The molecule has 0 aliphatic heterocycles. The molecule has 9 heteroatoms. The van der Waals surface area contributed by atoms with Crippen LogP contribution in [-0.2, 0) is 0 Å². The second kappa shape index (κ2) is 8.90. The van der Waals surface area contributed by atoms with Gasteiger partial charge in [0.25, 0.3) is 5.91 Å². The molecule has 33 heavy (non-hydrogen) atoms. The fourth-order valence-electron chi connectivity index (χ4n) is 4.39. The average Bonchev–Trinajstić information content (AvgIpc) is 3.50. The van der Waals surface area contributed by atoms with Crippen LogP contribution in [-0.4, -0.2) is 32.3 Å². The molecule has 1 amide bonds. The van der Waals surface area contributed by atoms with Crippen molar-refractivity contribution in [2.24, 2.45) is 5.92 Å². The highest BCUT2D eigenvalue weighted by molar-refractivity contribution is 7.07. The summed E-state index contributed by atoms with van der Waals surface area (Å²) >= 11 is 1.57. The van der Waals surface area contributed by atoms with Crippen molar-refractivity contribution in [3.05, 3.63) is 64.6 Å². The molecule has 0 atom stereocenters. The smallest absolute Gasteiger partial charge is 0.251 e. The second-order valence-electron chi connectivity index (χ2n) is 8.43. The molecule has 5 rings (SSSR count). The molecule has 1 aliphatic carbocycles. The van der Waals surface area contributed by atoms with Crippen molar-refractivity contribution in [1.82, 2.24) is 20.1 Å². The highest BCUT2D eigenvalue weighted by Gasteiger charge is 2.24. The number of thiazole rings is 1. The van der Waals surface area contributed by atoms with Crippen LogP contribution < -0.4 is 5.32 Å². The third-order valence-corrected chi connectivity index (χ3v) is 6.86. The van der Waals surface area contributed by atoms with Crippen LogP contribution in [0.5, 0.6) is 5.75 Å². The van der Waals surface area contributed by atoms with Gasteiger partial charge in [0.05, 0.1) is 22.8 Å². The Morgan fingerprint density at radius 3 is 2.61 bits per heavy atom. The van der Waals surface area contributed by atoms with Gasteiger partial charge in [0, 0.05) is 34.6 Å². The average molecular weight is 469 g/mol. The van der Waals surface area contributed by atoms with Gasteiger partial charge in [0.1, 0.15) is 0 Å². The number of carbonyl (C=O) groups excluding carboxylic acids is 1. The van der Waals surface area contributed by atoms with Gasteiger partial charge in [-0.3, -0.25) is 9.48 Å². The fraction of sp³-hybridized carbons (Fsp3) is 0.292. The summed E-state index contributed by atoms with van der Waals surface area (Å²) in [4.78, 5) is 16.6. The molecular weight excluding hydrogens is 446 g/mol. The summed E-state index contributed by atoms with van der Waals surface area (Å²) in [5, 5.41) is 19.8. The van der Waals surface area contributed by atoms with Crippen molar-refractivity contribution in [2.75, 3.05) is 6.54 Å². The molecule has 0 spiro atoms. The maximum atomic E-state index is 13.5. The molecule has 0 unspecified atom stereocenters. The van der Waals surface area contributed by atoms with Gasteiger partial charge in [0.2, 0.25) is 0 Å². The standard InChI is InChI=1S/C24H22F2N4O2S/c25-19-7-17(8-20(26)23(19)31)24(32)27-10-14-1-5-18(6-2-14)30-11-16-4-3-15(9-21(16)29-30)22-12-33-13-28-22/h3-4,7-9,11-14,18,31H,1-2,5-6,10H2,(H,27,32). The van der Waals surface area contributed by atoms with E-state index in [1.807, 2.05) is 15.6 Å². The summed E-state index contributed by atoms with van der Waals surface area (Å²) in [6, 6.07) is 8.18. The Labute approximate surface area is 192 Å². The molecule has 2 aromatic carbocycles. The highest BCUT2D eigenvalue weighted by atomic mass is 32.1. The Balaban J connectivity index is 1.18. The van der Waals surface area contributed by atoms with E-state index in [2.05, 4.69) is 34.7 Å². The quantitative estimate of drug-likeness (QED) is 0.416. The predicted octanol–water partition coefficient (Wildman–Crippen LogP) is 5.30. The highest BCUT2D eigenvalue weighted by Crippen LogP contribution is 2.33. The largest absolute Gasteiger partial charge is 0.503 e. The molecule has 1 saturated carbocycles. The van der Waals surface area contributed by atoms with Crippen LogP contribution in [0.3, 0.4) is 0 Å². The lowest BCUT2D eigenvalue weighted by molar-refractivity contribution is 0.0940. The number of hydrogen-bond donors (Lipinski definition) is 2. The molecule has 2 N–H and O–H groups in total. The van der Waals surface area contributed by atoms with E-state index in [1.165, 1.54) is 0 Å². The third kappa shape index (κ3) is 4.45. The van der Waals surface area contributed by atoms with Crippen molar-refractivity contribution < 1.29 is 18.7 Å². The number of hydrogen-bond acceptors (Lipinski definition) is 5. The Morgan fingerprint density at radius 1 is 1.15 bits per heavy atom. The molecule has 2 heterocycles. The lowest BCUT2D eigenvalue weighted by Gasteiger charge is -2.28. The van der Waals surface area contributed by atoms with E-state index in [1.54, 1.807) is 11.3 Å². The molecule has 2 aromatic heterocycles. The maximum absolute atomic E-state index is 13.5. The molecule has 0 radical (unpaired) electrons. The zero-order chi connectivity index (χ0) is 22.9. The molecule has 0 bridgehead atoms. The van der Waals surface area contributed by atoms with Gasteiger partial charge >= 0.3 is 0 Å².